The smallest absolute Gasteiger partial charge is 0.0852 e. The molecule has 0 spiro atoms. The average Bonchev–Trinajstić information content (AvgIpc) is 3.00. The zero-order chi connectivity index (χ0) is 33.9. The number of nitrogens with two attached hydrogens (primary N) is 4. The molecule has 0 aliphatic rings. The molecule has 8 N–H and O–H groups in total. The molecule has 0 atom stereocenters. The molecule has 0 aliphatic heterocycles. The first kappa shape index (κ1) is 39.2. The van der Waals surface area contributed by atoms with E-state index in [1.807, 2.05) is 0 Å². The molecule has 4 rings (SSSR count). The summed E-state index contributed by atoms with van der Waals surface area (Å²) in [5.74, 6) is 0. The van der Waals surface area contributed by atoms with Gasteiger partial charge in [0.05, 0.1) is 103 Å². The van der Waals surface area contributed by atoms with Crippen molar-refractivity contribution in [2.75, 3.05) is 22.9 Å². The summed E-state index contributed by atoms with van der Waals surface area (Å²) < 4.78 is 0. The van der Waals surface area contributed by atoms with E-state index in [4.69, 9.17) is 209 Å². The summed E-state index contributed by atoms with van der Waals surface area (Å²) in [5, 5.41) is 0.0978. The number of halogens is 16. The SMILES string of the molecule is Nc1c(Cl)c(Cl)c(-c2c(Cl)c(Cl)c(N)c(Cl)c2Cl)c(Cl)c1Cl.Nc1c(Cl)c(Cl)c(-c2c(Cl)c(N)c(Cl)c(Cl)c2Cl)c(Cl)c1Cl. The molecule has 4 nitrogen and oxygen atoms in total. The molecule has 4 aromatic carbocycles. The molecule has 0 radical (unpaired) electrons. The topological polar surface area (TPSA) is 104 Å². The number of benzene rings is 4. The molecule has 0 saturated carbocycles. The van der Waals surface area contributed by atoms with Crippen LogP contribution in [0.25, 0.3) is 22.3 Å². The maximum absolute atomic E-state index is 6.21. The van der Waals surface area contributed by atoms with Crippen molar-refractivity contribution in [3.8, 4) is 22.3 Å². The quantitative estimate of drug-likeness (QED) is 0.0913. The van der Waals surface area contributed by atoms with Crippen LogP contribution < -0.4 is 22.9 Å². The van der Waals surface area contributed by atoms with E-state index < -0.39 is 0 Å². The fourth-order valence-corrected chi connectivity index (χ4v) is 7.74. The highest BCUT2D eigenvalue weighted by Crippen LogP contribution is 2.56. The number of rotatable bonds is 2. The fourth-order valence-electron chi connectivity index (χ4n) is 3.48. The second-order valence-electron chi connectivity index (χ2n) is 8.18. The summed E-state index contributed by atoms with van der Waals surface area (Å²) >= 11 is 98.0. The maximum Gasteiger partial charge on any atom is 0.0852 e. The normalized spacial score (nSPS) is 11.1. The Morgan fingerprint density at radius 3 is 0.545 bits per heavy atom. The molecule has 4 aromatic rings. The number of hydrogen-bond acceptors (Lipinski definition) is 4. The maximum atomic E-state index is 6.21. The summed E-state index contributed by atoms with van der Waals surface area (Å²) in [5.41, 5.74) is 23.7. The fraction of sp³-hybridized carbons (Fsp3) is 0. The summed E-state index contributed by atoms with van der Waals surface area (Å²) in [6, 6.07) is 0. The molecule has 0 fully saturated rings. The highest BCUT2D eigenvalue weighted by atomic mass is 35.5. The van der Waals surface area contributed by atoms with Gasteiger partial charge in [0, 0.05) is 22.3 Å². The summed E-state index contributed by atoms with van der Waals surface area (Å²) in [7, 11) is 0. The van der Waals surface area contributed by atoms with Crippen molar-refractivity contribution in [3.05, 3.63) is 80.4 Å². The van der Waals surface area contributed by atoms with Crippen LogP contribution in [0.5, 0.6) is 0 Å². The third kappa shape index (κ3) is 6.78. The number of anilines is 4. The lowest BCUT2D eigenvalue weighted by Crippen LogP contribution is -1.97. The van der Waals surface area contributed by atoms with E-state index in [9.17, 15) is 0 Å². The molecule has 0 aromatic heterocycles. The Labute approximate surface area is 330 Å². The van der Waals surface area contributed by atoms with Crippen molar-refractivity contribution in [3.63, 3.8) is 0 Å². The number of hydrogen-bond donors (Lipinski definition) is 4. The minimum atomic E-state index is -0.00330. The Kier molecular flexibility index (Phi) is 13.4. The van der Waals surface area contributed by atoms with Crippen LogP contribution in [-0.2, 0) is 0 Å². The van der Waals surface area contributed by atoms with Gasteiger partial charge >= 0.3 is 0 Å². The first-order valence-electron chi connectivity index (χ1n) is 10.7. The van der Waals surface area contributed by atoms with Crippen LogP contribution in [0.15, 0.2) is 0 Å². The zero-order valence-electron chi connectivity index (χ0n) is 20.4. The van der Waals surface area contributed by atoms with E-state index >= 15 is 0 Å². The van der Waals surface area contributed by atoms with Crippen molar-refractivity contribution in [2.45, 2.75) is 0 Å². The van der Waals surface area contributed by atoms with Crippen LogP contribution >= 0.6 is 186 Å². The largest absolute Gasteiger partial charge is 0.396 e. The van der Waals surface area contributed by atoms with Crippen molar-refractivity contribution in [1.82, 2.24) is 0 Å². The highest BCUT2D eigenvalue weighted by Gasteiger charge is 2.28. The highest BCUT2D eigenvalue weighted by molar-refractivity contribution is 6.58. The van der Waals surface area contributed by atoms with Crippen LogP contribution in [0.2, 0.25) is 80.4 Å². The lowest BCUT2D eigenvalue weighted by atomic mass is 10.0. The van der Waals surface area contributed by atoms with Crippen molar-refractivity contribution in [2.24, 2.45) is 0 Å². The monoisotopic (exact) mass is 912 g/mol. The van der Waals surface area contributed by atoms with Crippen LogP contribution in [-0.4, -0.2) is 0 Å². The van der Waals surface area contributed by atoms with Gasteiger partial charge in [0.1, 0.15) is 0 Å². The van der Waals surface area contributed by atoms with E-state index in [1.54, 1.807) is 0 Å². The Bertz CT molecular complexity index is 1490. The summed E-state index contributed by atoms with van der Waals surface area (Å²) in [6.07, 6.45) is 0. The van der Waals surface area contributed by atoms with E-state index in [-0.39, 0.29) is 125 Å². The van der Waals surface area contributed by atoms with E-state index in [2.05, 4.69) is 0 Å². The molecule has 0 unspecified atom stereocenters. The van der Waals surface area contributed by atoms with Crippen molar-refractivity contribution < 1.29 is 0 Å². The van der Waals surface area contributed by atoms with Gasteiger partial charge in [0.2, 0.25) is 0 Å². The van der Waals surface area contributed by atoms with Crippen molar-refractivity contribution in [1.29, 1.82) is 0 Å². The minimum Gasteiger partial charge on any atom is -0.396 e. The molecule has 0 amide bonds. The molecule has 20 heteroatoms. The van der Waals surface area contributed by atoms with Gasteiger partial charge in [-0.05, 0) is 0 Å². The zero-order valence-corrected chi connectivity index (χ0v) is 32.5. The van der Waals surface area contributed by atoms with Gasteiger partial charge < -0.3 is 22.9 Å². The molecular formula is C24H8Cl16N4. The second-order valence-corrected chi connectivity index (χ2v) is 14.2. The Hall–Kier alpha value is 0.720. The van der Waals surface area contributed by atoms with Gasteiger partial charge in [-0.25, -0.2) is 0 Å². The van der Waals surface area contributed by atoms with Gasteiger partial charge in [0.15, 0.2) is 0 Å². The van der Waals surface area contributed by atoms with Gasteiger partial charge in [0.25, 0.3) is 0 Å². The van der Waals surface area contributed by atoms with Gasteiger partial charge in [-0.2, -0.15) is 0 Å². The standard InChI is InChI=1S/2C12H4Cl8N2/c13-3-2(6(16)11(21)10(20)7(3)17)1-4(14)8(18)12(22)9(19)5(1)15;13-3-1(4(14)8(18)11(21)7(3)17)2-5(15)9(19)12(22)10(20)6(2)16/h2*21-22H2. The molecule has 0 heterocycles. The first-order chi connectivity index (χ1) is 20.2. The van der Waals surface area contributed by atoms with Gasteiger partial charge in [-0.1, -0.05) is 186 Å². The molecule has 236 valence electrons. The third-order valence-corrected chi connectivity index (χ3v) is 12.6. The Balaban J connectivity index is 0.000000240. The molecule has 0 aliphatic carbocycles. The lowest BCUT2D eigenvalue weighted by Gasteiger charge is -2.18. The van der Waals surface area contributed by atoms with E-state index in [0.717, 1.165) is 0 Å². The Morgan fingerprint density at radius 2 is 0.318 bits per heavy atom. The number of nitrogen functional groups attached to an aromatic ring is 4. The third-order valence-electron chi connectivity index (χ3n) is 5.69. The second kappa shape index (κ2) is 15.1. The van der Waals surface area contributed by atoms with Crippen LogP contribution in [0.4, 0.5) is 22.7 Å². The predicted octanol–water partition coefficient (Wildman–Crippen LogP) is 15.5. The van der Waals surface area contributed by atoms with Gasteiger partial charge in [-0.3, -0.25) is 0 Å². The molecule has 0 saturated heterocycles. The van der Waals surface area contributed by atoms with Crippen LogP contribution in [0.1, 0.15) is 0 Å². The summed E-state index contributed by atoms with van der Waals surface area (Å²) in [4.78, 5) is 0. The first-order valence-corrected chi connectivity index (χ1v) is 16.7. The van der Waals surface area contributed by atoms with E-state index in [1.165, 1.54) is 0 Å². The minimum absolute atomic E-state index is 0.00210. The Morgan fingerprint density at radius 1 is 0.182 bits per heavy atom. The molecular weight excluding hydrogens is 912 g/mol. The van der Waals surface area contributed by atoms with Crippen LogP contribution in [0, 0.1) is 0 Å². The van der Waals surface area contributed by atoms with Crippen molar-refractivity contribution >= 4 is 208 Å². The predicted molar refractivity (Wildman–Crippen MR) is 202 cm³/mol. The van der Waals surface area contributed by atoms with Crippen LogP contribution in [0.3, 0.4) is 0 Å². The van der Waals surface area contributed by atoms with Gasteiger partial charge in [-0.15, -0.1) is 0 Å². The molecule has 44 heavy (non-hydrogen) atoms. The lowest BCUT2D eigenvalue weighted by molar-refractivity contribution is 1.60. The molecule has 0 bridgehead atoms. The summed E-state index contributed by atoms with van der Waals surface area (Å²) in [6.45, 7) is 0. The van der Waals surface area contributed by atoms with E-state index in [0.29, 0.717) is 0 Å². The average molecular weight is 920 g/mol.